The van der Waals surface area contributed by atoms with E-state index in [9.17, 15) is 0 Å². The Labute approximate surface area is 438 Å². The molecule has 0 radical (unpaired) electrons. The molecule has 75 heavy (non-hydrogen) atoms. The van der Waals surface area contributed by atoms with Gasteiger partial charge in [0.25, 0.3) is 0 Å². The van der Waals surface area contributed by atoms with Crippen LogP contribution in [0.4, 0.5) is 17.1 Å². The molecule has 1 aliphatic carbocycles. The van der Waals surface area contributed by atoms with Crippen LogP contribution in [0.25, 0.3) is 83.1 Å². The third-order valence-electron chi connectivity index (χ3n) is 15.5. The van der Waals surface area contributed by atoms with Gasteiger partial charge in [0.05, 0.1) is 22.1 Å². The summed E-state index contributed by atoms with van der Waals surface area (Å²) in [5.74, 6) is 0. The molecule has 0 saturated carbocycles. The Balaban J connectivity index is 1.03. The molecule has 12 aromatic carbocycles. The van der Waals surface area contributed by atoms with E-state index in [2.05, 4.69) is 313 Å². The maximum atomic E-state index is 2.50. The van der Waals surface area contributed by atoms with E-state index < -0.39 is 5.41 Å². The van der Waals surface area contributed by atoms with E-state index in [-0.39, 0.29) is 0 Å². The first-order chi connectivity index (χ1) is 37.3. The third-order valence-corrected chi connectivity index (χ3v) is 15.5. The summed E-state index contributed by atoms with van der Waals surface area (Å²) in [6.07, 6.45) is 0. The molecule has 0 saturated heterocycles. The van der Waals surface area contributed by atoms with Gasteiger partial charge in [0.2, 0.25) is 0 Å². The van der Waals surface area contributed by atoms with E-state index in [1.165, 1.54) is 77.4 Å². The predicted octanol–water partition coefficient (Wildman–Crippen LogP) is 19.3. The van der Waals surface area contributed by atoms with Crippen LogP contribution in [0.3, 0.4) is 0 Å². The van der Waals surface area contributed by atoms with Crippen molar-refractivity contribution >= 4 is 38.9 Å². The molecule has 0 unspecified atom stereocenters. The minimum absolute atomic E-state index is 0.518. The minimum atomic E-state index is -0.518. The molecule has 13 aromatic rings. The molecule has 1 aliphatic rings. The minimum Gasteiger partial charge on any atom is -0.310 e. The van der Waals surface area contributed by atoms with Crippen molar-refractivity contribution < 1.29 is 0 Å². The van der Waals surface area contributed by atoms with E-state index in [0.717, 1.165) is 45.0 Å². The van der Waals surface area contributed by atoms with E-state index in [0.29, 0.717) is 0 Å². The number of benzene rings is 12. The Kier molecular flexibility index (Phi) is 10.8. The number of rotatable bonds is 10. The zero-order valence-electron chi connectivity index (χ0n) is 41.3. The van der Waals surface area contributed by atoms with Crippen molar-refractivity contribution in [1.29, 1.82) is 0 Å². The maximum absolute atomic E-state index is 2.50. The standard InChI is InChI=1S/C73H50N2/c1-6-24-51(25-7-1)59-34-16-17-37-64(59)71-60(52-26-8-2-9-27-52)38-23-43-70(71)74(57-46-44-53(45-47-57)61-39-22-40-65-63-36-19-21-42-69(63)75(72(61)65)56-32-14-5-15-33-56)58-48-49-68-66(50-58)62-35-18-20-41-67(62)73(68,54-28-10-3-11-29-54)55-30-12-4-13-31-55/h1-50H. The quantitative estimate of drug-likeness (QED) is 0.133. The zero-order chi connectivity index (χ0) is 49.7. The first-order valence-electron chi connectivity index (χ1n) is 25.9. The van der Waals surface area contributed by atoms with Gasteiger partial charge in [-0.05, 0) is 115 Å². The fraction of sp³-hybridized carbons (Fsp3) is 0.0137. The number of aromatic nitrogens is 1. The highest BCUT2D eigenvalue weighted by atomic mass is 15.1. The molecule has 0 aliphatic heterocycles. The van der Waals surface area contributed by atoms with Gasteiger partial charge in [0, 0.05) is 39.0 Å². The highest BCUT2D eigenvalue weighted by Crippen LogP contribution is 2.58. The van der Waals surface area contributed by atoms with Crippen LogP contribution in [0.5, 0.6) is 0 Å². The monoisotopic (exact) mass is 954 g/mol. The molecule has 0 N–H and O–H groups in total. The van der Waals surface area contributed by atoms with Crippen molar-refractivity contribution in [2.45, 2.75) is 5.41 Å². The molecule has 2 nitrogen and oxygen atoms in total. The van der Waals surface area contributed by atoms with E-state index in [4.69, 9.17) is 0 Å². The lowest BCUT2D eigenvalue weighted by molar-refractivity contribution is 0.768. The summed E-state index contributed by atoms with van der Waals surface area (Å²) in [6.45, 7) is 0. The summed E-state index contributed by atoms with van der Waals surface area (Å²) in [6, 6.07) is 111. The number of nitrogens with zero attached hydrogens (tertiary/aromatic N) is 2. The average molecular weight is 955 g/mol. The third kappa shape index (κ3) is 7.17. The van der Waals surface area contributed by atoms with Crippen LogP contribution in [0.2, 0.25) is 0 Å². The molecular weight excluding hydrogens is 905 g/mol. The number of para-hydroxylation sites is 3. The molecule has 2 heteroatoms. The second kappa shape index (κ2) is 18.4. The van der Waals surface area contributed by atoms with Gasteiger partial charge in [-0.1, -0.05) is 255 Å². The van der Waals surface area contributed by atoms with Gasteiger partial charge in [-0.25, -0.2) is 0 Å². The van der Waals surface area contributed by atoms with Gasteiger partial charge in [0.15, 0.2) is 0 Å². The van der Waals surface area contributed by atoms with Gasteiger partial charge >= 0.3 is 0 Å². The maximum Gasteiger partial charge on any atom is 0.0713 e. The fourth-order valence-corrected chi connectivity index (χ4v) is 12.3. The lowest BCUT2D eigenvalue weighted by atomic mass is 9.68. The van der Waals surface area contributed by atoms with Crippen LogP contribution >= 0.6 is 0 Å². The van der Waals surface area contributed by atoms with Crippen molar-refractivity contribution in [3.8, 4) is 61.3 Å². The SMILES string of the molecule is c1ccc(-c2ccccc2-c2c(-c3ccccc3)cccc2N(c2ccc(-c3cccc4c5ccccc5n(-c5ccccc5)c34)cc2)c2ccc3c(c2)-c2ccccc2C3(c2ccccc2)c2ccccc2)cc1. The lowest BCUT2D eigenvalue weighted by Gasteiger charge is -2.34. The summed E-state index contributed by atoms with van der Waals surface area (Å²) in [5, 5.41) is 2.47. The van der Waals surface area contributed by atoms with Crippen LogP contribution < -0.4 is 4.90 Å². The molecule has 352 valence electrons. The average Bonchev–Trinajstić information content (AvgIpc) is 4.07. The van der Waals surface area contributed by atoms with E-state index in [1.54, 1.807) is 0 Å². The zero-order valence-corrected chi connectivity index (χ0v) is 41.3. The lowest BCUT2D eigenvalue weighted by Crippen LogP contribution is -2.28. The van der Waals surface area contributed by atoms with Crippen molar-refractivity contribution in [2.24, 2.45) is 0 Å². The molecular formula is C73H50N2. The number of hydrogen-bond acceptors (Lipinski definition) is 1. The van der Waals surface area contributed by atoms with Crippen molar-refractivity contribution in [3.63, 3.8) is 0 Å². The predicted molar refractivity (Wildman–Crippen MR) is 315 cm³/mol. The second-order valence-electron chi connectivity index (χ2n) is 19.5. The van der Waals surface area contributed by atoms with E-state index >= 15 is 0 Å². The number of hydrogen-bond donors (Lipinski definition) is 0. The highest BCUT2D eigenvalue weighted by molar-refractivity contribution is 6.14. The van der Waals surface area contributed by atoms with Crippen LogP contribution in [-0.4, -0.2) is 4.57 Å². The Hall–Kier alpha value is -9.76. The van der Waals surface area contributed by atoms with Crippen LogP contribution in [0, 0.1) is 0 Å². The largest absolute Gasteiger partial charge is 0.310 e. The second-order valence-corrected chi connectivity index (χ2v) is 19.5. The van der Waals surface area contributed by atoms with Gasteiger partial charge in [-0.3, -0.25) is 0 Å². The van der Waals surface area contributed by atoms with E-state index in [1.807, 2.05) is 0 Å². The summed E-state index contributed by atoms with van der Waals surface area (Å²) >= 11 is 0. The normalized spacial score (nSPS) is 12.4. The fourth-order valence-electron chi connectivity index (χ4n) is 12.3. The van der Waals surface area contributed by atoms with Crippen molar-refractivity contribution in [1.82, 2.24) is 4.57 Å². The molecule has 0 atom stereocenters. The van der Waals surface area contributed by atoms with Crippen LogP contribution in [0.1, 0.15) is 22.3 Å². The Bertz CT molecular complexity index is 4160. The van der Waals surface area contributed by atoms with Crippen molar-refractivity contribution in [3.05, 3.63) is 326 Å². The topological polar surface area (TPSA) is 8.17 Å². The number of fused-ring (bicyclic) bond motifs is 6. The summed E-state index contributed by atoms with van der Waals surface area (Å²) in [7, 11) is 0. The Morgan fingerprint density at radius 1 is 0.293 bits per heavy atom. The Morgan fingerprint density at radius 3 is 1.47 bits per heavy atom. The van der Waals surface area contributed by atoms with Gasteiger partial charge in [0.1, 0.15) is 0 Å². The first-order valence-corrected chi connectivity index (χ1v) is 25.9. The van der Waals surface area contributed by atoms with Gasteiger partial charge in [-0.2, -0.15) is 0 Å². The van der Waals surface area contributed by atoms with Crippen molar-refractivity contribution in [2.75, 3.05) is 4.90 Å². The molecule has 0 bridgehead atoms. The Morgan fingerprint density at radius 2 is 0.773 bits per heavy atom. The van der Waals surface area contributed by atoms with Gasteiger partial charge < -0.3 is 9.47 Å². The summed E-state index contributed by atoms with van der Waals surface area (Å²) < 4.78 is 2.43. The molecule has 0 spiro atoms. The molecule has 0 amide bonds. The highest BCUT2D eigenvalue weighted by Gasteiger charge is 2.46. The van der Waals surface area contributed by atoms with Crippen LogP contribution in [-0.2, 0) is 5.41 Å². The molecule has 1 aromatic heterocycles. The van der Waals surface area contributed by atoms with Crippen LogP contribution in [0.15, 0.2) is 303 Å². The molecule has 14 rings (SSSR count). The first kappa shape index (κ1) is 44.0. The smallest absolute Gasteiger partial charge is 0.0713 e. The summed E-state index contributed by atoms with van der Waals surface area (Å²) in [4.78, 5) is 2.50. The molecule has 0 fully saturated rings. The summed E-state index contributed by atoms with van der Waals surface area (Å²) in [5.41, 5.74) is 23.1. The van der Waals surface area contributed by atoms with Gasteiger partial charge in [-0.15, -0.1) is 0 Å². The number of anilines is 3. The molecule has 1 heterocycles.